The molecule has 9 heteroatoms. The Hall–Kier alpha value is -2.71. The first kappa shape index (κ1) is 36.1. The van der Waals surface area contributed by atoms with Gasteiger partial charge in [-0.1, -0.05) is 32.4 Å². The Balaban J connectivity index is 1.06. The fourth-order valence-electron chi connectivity index (χ4n) is 11.2. The zero-order chi connectivity index (χ0) is 34.9. The van der Waals surface area contributed by atoms with E-state index in [9.17, 15) is 14.4 Å². The zero-order valence-electron chi connectivity index (χ0n) is 30.1. The van der Waals surface area contributed by atoms with Crippen LogP contribution in [0.3, 0.4) is 0 Å². The number of rotatable bonds is 12. The van der Waals surface area contributed by atoms with Gasteiger partial charge < -0.3 is 20.1 Å². The molecule has 1 aromatic carbocycles. The van der Waals surface area contributed by atoms with Crippen LogP contribution in [0.2, 0.25) is 5.02 Å². The third kappa shape index (κ3) is 7.24. The number of Topliss-reactive ketones (excluding diaryl/α,β-unsaturated/α-hetero) is 1. The smallest absolute Gasteiger partial charge is 0.302 e. The molecular weight excluding hydrogens is 638 g/mol. The summed E-state index contributed by atoms with van der Waals surface area (Å²) < 4.78 is 12.4. The number of pyridine rings is 1. The van der Waals surface area contributed by atoms with Gasteiger partial charge in [-0.15, -0.1) is 0 Å². The number of esters is 2. The predicted octanol–water partition coefficient (Wildman–Crippen LogP) is 8.01. The van der Waals surface area contributed by atoms with Gasteiger partial charge >= 0.3 is 11.9 Å². The second-order valence-electron chi connectivity index (χ2n) is 16.2. The highest BCUT2D eigenvalue weighted by molar-refractivity contribution is 6.31. The highest BCUT2D eigenvalue weighted by atomic mass is 35.5. The van der Waals surface area contributed by atoms with Crippen molar-refractivity contribution >= 4 is 45.9 Å². The molecule has 0 radical (unpaired) electrons. The molecule has 4 aliphatic rings. The number of aromatic nitrogens is 1. The number of hydrogen-bond donors (Lipinski definition) is 2. The average Bonchev–Trinajstić information content (AvgIpc) is 3.41. The molecule has 4 saturated carbocycles. The predicted molar refractivity (Wildman–Crippen MR) is 193 cm³/mol. The standard InChI is InChI=1S/C40H56ClN3O5/c1-24(8-6-16-42-17-7-18-43-34-14-19-44-35-22-28(41)9-10-30(34)35)31-11-12-32-38-33(23-37(40(31,32)5)49-26(3)46)39(4)15-13-29(47)20-27(39)21-36(38)48-25(2)45/h9-10,14,19,22,24,27,31-33,36-38,42H,6-8,11-13,15-18,20-21,23H2,1-5H3,(H,43,44)/t24?,27-,31+,32?,33?,36+,37-,38?,39-,40+/m0/s1. The van der Waals surface area contributed by atoms with Crippen molar-refractivity contribution in [3.63, 3.8) is 0 Å². The van der Waals surface area contributed by atoms with Gasteiger partial charge in [0.1, 0.15) is 18.0 Å². The number of nitrogens with zero attached hydrogens (tertiary/aromatic N) is 1. The molecule has 4 unspecified atom stereocenters. The van der Waals surface area contributed by atoms with Crippen LogP contribution in [-0.4, -0.2) is 54.5 Å². The van der Waals surface area contributed by atoms with Crippen molar-refractivity contribution in [2.75, 3.05) is 25.0 Å². The van der Waals surface area contributed by atoms with Crippen molar-refractivity contribution in [3.05, 3.63) is 35.5 Å². The lowest BCUT2D eigenvalue weighted by molar-refractivity contribution is -0.219. The van der Waals surface area contributed by atoms with Crippen LogP contribution >= 0.6 is 11.6 Å². The molecular formula is C40H56ClN3O5. The Labute approximate surface area is 297 Å². The highest BCUT2D eigenvalue weighted by Gasteiger charge is 2.67. The number of fused-ring (bicyclic) bond motifs is 6. The van der Waals surface area contributed by atoms with Crippen LogP contribution < -0.4 is 10.6 Å². The average molecular weight is 694 g/mol. The van der Waals surface area contributed by atoms with Crippen molar-refractivity contribution in [1.29, 1.82) is 0 Å². The van der Waals surface area contributed by atoms with Crippen LogP contribution in [-0.2, 0) is 23.9 Å². The first-order chi connectivity index (χ1) is 23.4. The number of halogens is 1. The topological polar surface area (TPSA) is 107 Å². The maximum Gasteiger partial charge on any atom is 0.302 e. The van der Waals surface area contributed by atoms with E-state index in [-0.39, 0.29) is 52.7 Å². The number of carbonyl (C=O) groups is 3. The van der Waals surface area contributed by atoms with E-state index < -0.39 is 0 Å². The van der Waals surface area contributed by atoms with E-state index in [1.165, 1.54) is 6.92 Å². The van der Waals surface area contributed by atoms with Crippen molar-refractivity contribution in [2.24, 2.45) is 46.3 Å². The van der Waals surface area contributed by atoms with Crippen molar-refractivity contribution in [3.8, 4) is 0 Å². The maximum atomic E-state index is 12.6. The Morgan fingerprint density at radius 2 is 1.80 bits per heavy atom. The molecule has 0 aliphatic heterocycles. The largest absolute Gasteiger partial charge is 0.462 e. The minimum atomic E-state index is -0.235. The molecule has 0 bridgehead atoms. The fourth-order valence-corrected chi connectivity index (χ4v) is 11.4. The Morgan fingerprint density at radius 3 is 2.57 bits per heavy atom. The Bertz CT molecular complexity index is 1530. The van der Waals surface area contributed by atoms with Gasteiger partial charge in [0.25, 0.3) is 0 Å². The quantitative estimate of drug-likeness (QED) is 0.170. The fraction of sp³-hybridized carbons (Fsp3) is 0.700. The van der Waals surface area contributed by atoms with Gasteiger partial charge in [-0.05, 0) is 124 Å². The highest BCUT2D eigenvalue weighted by Crippen LogP contribution is 2.69. The molecule has 10 atom stereocenters. The molecule has 4 aliphatic carbocycles. The number of benzene rings is 1. The summed E-state index contributed by atoms with van der Waals surface area (Å²) in [6.07, 6.45) is 10.5. The minimum absolute atomic E-state index is 0.0137. The van der Waals surface area contributed by atoms with Gasteiger partial charge in [-0.2, -0.15) is 0 Å². The second kappa shape index (κ2) is 14.9. The molecule has 1 heterocycles. The van der Waals surface area contributed by atoms with Gasteiger partial charge in [-0.3, -0.25) is 19.4 Å². The van der Waals surface area contributed by atoms with E-state index in [1.807, 2.05) is 30.5 Å². The summed E-state index contributed by atoms with van der Waals surface area (Å²) in [6.45, 7) is 13.0. The van der Waals surface area contributed by atoms with Crippen molar-refractivity contribution in [2.45, 2.75) is 111 Å². The summed E-state index contributed by atoms with van der Waals surface area (Å²) in [5.41, 5.74) is 1.78. The molecule has 4 fully saturated rings. The summed E-state index contributed by atoms with van der Waals surface area (Å²) in [6, 6.07) is 7.82. The third-order valence-electron chi connectivity index (χ3n) is 13.5. The van der Waals surface area contributed by atoms with Crippen molar-refractivity contribution < 1.29 is 23.9 Å². The molecule has 2 aromatic rings. The lowest BCUT2D eigenvalue weighted by Gasteiger charge is -2.63. The molecule has 0 spiro atoms. The number of ketones is 1. The monoisotopic (exact) mass is 693 g/mol. The van der Waals surface area contributed by atoms with Crippen LogP contribution in [0.25, 0.3) is 10.9 Å². The number of ether oxygens (including phenoxy) is 2. The SMILES string of the molecule is CC(=O)O[C@H]1CC2C(C3CC[C@H](C(C)CCCNCCCNc4ccnc5cc(Cl)ccc45)[C@]31C)[C@H](OC(C)=O)C[C@@H]1CC(=O)CC[C@]21C. The molecule has 0 amide bonds. The maximum absolute atomic E-state index is 12.6. The van der Waals surface area contributed by atoms with E-state index in [2.05, 4.69) is 36.4 Å². The van der Waals surface area contributed by atoms with Crippen LogP contribution in [0.1, 0.15) is 98.8 Å². The second-order valence-corrected chi connectivity index (χ2v) is 16.6. The third-order valence-corrected chi connectivity index (χ3v) is 13.7. The minimum Gasteiger partial charge on any atom is -0.462 e. The number of nitrogens with one attached hydrogen (secondary N) is 2. The van der Waals surface area contributed by atoms with Crippen LogP contribution in [0.5, 0.6) is 0 Å². The molecule has 2 N–H and O–H groups in total. The summed E-state index contributed by atoms with van der Waals surface area (Å²) in [5.74, 6) is 1.78. The van der Waals surface area contributed by atoms with Gasteiger partial charge in [-0.25, -0.2) is 0 Å². The van der Waals surface area contributed by atoms with Gasteiger partial charge in [0, 0.05) is 66.9 Å². The van der Waals surface area contributed by atoms with E-state index in [4.69, 9.17) is 21.1 Å². The zero-order valence-corrected chi connectivity index (χ0v) is 30.8. The first-order valence-electron chi connectivity index (χ1n) is 18.8. The van der Waals surface area contributed by atoms with Crippen LogP contribution in [0, 0.1) is 46.3 Å². The lowest BCUT2D eigenvalue weighted by atomic mass is 9.43. The van der Waals surface area contributed by atoms with Gasteiger partial charge in [0.05, 0.1) is 5.52 Å². The van der Waals surface area contributed by atoms with Crippen LogP contribution in [0.4, 0.5) is 5.69 Å². The van der Waals surface area contributed by atoms with Crippen molar-refractivity contribution in [1.82, 2.24) is 10.3 Å². The molecule has 0 saturated heterocycles. The van der Waals surface area contributed by atoms with Crippen LogP contribution in [0.15, 0.2) is 30.5 Å². The molecule has 8 nitrogen and oxygen atoms in total. The molecule has 49 heavy (non-hydrogen) atoms. The number of anilines is 1. The number of carbonyl (C=O) groups excluding carboxylic acids is 3. The Kier molecular flexibility index (Phi) is 11.0. The lowest BCUT2D eigenvalue weighted by Crippen LogP contribution is -2.63. The van der Waals surface area contributed by atoms with E-state index in [1.54, 1.807) is 6.92 Å². The summed E-state index contributed by atoms with van der Waals surface area (Å²) in [7, 11) is 0. The molecule has 6 rings (SSSR count). The van der Waals surface area contributed by atoms with E-state index in [0.29, 0.717) is 41.4 Å². The molecule has 1 aromatic heterocycles. The van der Waals surface area contributed by atoms with E-state index in [0.717, 1.165) is 87.6 Å². The number of hydrogen-bond acceptors (Lipinski definition) is 8. The van der Waals surface area contributed by atoms with Gasteiger partial charge in [0.15, 0.2) is 0 Å². The van der Waals surface area contributed by atoms with E-state index >= 15 is 0 Å². The Morgan fingerprint density at radius 1 is 1.02 bits per heavy atom. The van der Waals surface area contributed by atoms with Gasteiger partial charge in [0.2, 0.25) is 0 Å². The molecule has 268 valence electrons. The normalized spacial score (nSPS) is 34.4. The summed E-state index contributed by atoms with van der Waals surface area (Å²) in [5, 5.41) is 8.97. The summed E-state index contributed by atoms with van der Waals surface area (Å²) in [4.78, 5) is 42.1. The first-order valence-corrected chi connectivity index (χ1v) is 19.1. The summed E-state index contributed by atoms with van der Waals surface area (Å²) >= 11 is 6.14.